The predicted octanol–water partition coefficient (Wildman–Crippen LogP) is 2.99. The molecule has 0 unspecified atom stereocenters. The molecule has 1 aromatic carbocycles. The van der Waals surface area contributed by atoms with Crippen molar-refractivity contribution in [3.05, 3.63) is 42.1 Å². The summed E-state index contributed by atoms with van der Waals surface area (Å²) in [4.78, 5) is 17.9. The van der Waals surface area contributed by atoms with E-state index in [1.165, 1.54) is 0 Å². The number of nitriles is 1. The van der Waals surface area contributed by atoms with E-state index in [1.54, 1.807) is 17.2 Å². The number of carbonyl (C=O) groups is 1. The number of H-pyrrole nitrogens is 1. The first-order valence-corrected chi connectivity index (χ1v) is 9.13. The van der Waals surface area contributed by atoms with E-state index >= 15 is 0 Å². The lowest BCUT2D eigenvalue weighted by Gasteiger charge is -2.16. The third-order valence-electron chi connectivity index (χ3n) is 4.78. The zero-order valence-corrected chi connectivity index (χ0v) is 15.5. The van der Waals surface area contributed by atoms with Crippen LogP contribution in [0.1, 0.15) is 18.4 Å². The maximum atomic E-state index is 11.9. The minimum Gasteiger partial charge on any atom is -0.456 e. The van der Waals surface area contributed by atoms with Gasteiger partial charge in [-0.2, -0.15) is 10.4 Å². The highest BCUT2D eigenvalue weighted by atomic mass is 16.5. The maximum Gasteiger partial charge on any atom is 0.236 e. The average Bonchev–Trinajstić information content (AvgIpc) is 3.32. The Labute approximate surface area is 162 Å². The van der Waals surface area contributed by atoms with Gasteiger partial charge in [-0.15, -0.1) is 0 Å². The number of rotatable bonds is 5. The first kappa shape index (κ1) is 17.8. The van der Waals surface area contributed by atoms with Gasteiger partial charge in [0.1, 0.15) is 23.3 Å². The van der Waals surface area contributed by atoms with Crippen molar-refractivity contribution in [2.75, 3.05) is 18.4 Å². The molecule has 0 bridgehead atoms. The van der Waals surface area contributed by atoms with E-state index in [0.29, 0.717) is 30.3 Å². The molecule has 0 aliphatic carbocycles. The number of hydrogen-bond donors (Lipinski definition) is 2. The predicted molar refractivity (Wildman–Crippen MR) is 104 cm³/mol. The lowest BCUT2D eigenvalue weighted by Crippen LogP contribution is -2.31. The number of nitrogens with zero attached hydrogens (tertiary/aromatic N) is 4. The molecule has 8 nitrogen and oxygen atoms in total. The van der Waals surface area contributed by atoms with Crippen LogP contribution in [0.4, 0.5) is 5.82 Å². The average molecular weight is 376 g/mol. The van der Waals surface area contributed by atoms with Gasteiger partial charge in [0.15, 0.2) is 11.5 Å². The monoisotopic (exact) mass is 376 g/mol. The fourth-order valence-corrected chi connectivity index (χ4v) is 3.32. The van der Waals surface area contributed by atoms with Crippen molar-refractivity contribution in [1.82, 2.24) is 20.1 Å². The van der Waals surface area contributed by atoms with Crippen molar-refractivity contribution in [3.63, 3.8) is 0 Å². The molecule has 3 aromatic rings. The van der Waals surface area contributed by atoms with Gasteiger partial charge in [-0.1, -0.05) is 17.7 Å². The number of carbonyl (C=O) groups excluding carboxylic acids is 1. The molecule has 1 aliphatic heterocycles. The van der Waals surface area contributed by atoms with Crippen LogP contribution in [0.3, 0.4) is 0 Å². The maximum absolute atomic E-state index is 11.9. The molecule has 3 heterocycles. The van der Waals surface area contributed by atoms with E-state index in [1.807, 2.05) is 37.3 Å². The third-order valence-corrected chi connectivity index (χ3v) is 4.78. The standard InChI is InChI=1S/C20H20N6O2/c1-13-2-4-15(5-3-13)28-16-7-10-22-19-18(16)20(25-24-19)23-14-8-11-26(12-14)17(27)6-9-21/h2-5,7,10,14H,6,8,11-12H2,1H3,(H2,22,23,24,25)/t14-/m1/s1. The topological polar surface area (TPSA) is 107 Å². The molecular formula is C20H20N6O2. The Morgan fingerprint density at radius 2 is 2.21 bits per heavy atom. The van der Waals surface area contributed by atoms with E-state index in [9.17, 15) is 4.79 Å². The van der Waals surface area contributed by atoms with Crippen molar-refractivity contribution < 1.29 is 9.53 Å². The second-order valence-electron chi connectivity index (χ2n) is 6.82. The molecule has 142 valence electrons. The first-order valence-electron chi connectivity index (χ1n) is 9.13. The number of amides is 1. The summed E-state index contributed by atoms with van der Waals surface area (Å²) in [5.41, 5.74) is 1.79. The molecule has 1 fully saturated rings. The van der Waals surface area contributed by atoms with Gasteiger partial charge in [0, 0.05) is 31.4 Å². The lowest BCUT2D eigenvalue weighted by molar-refractivity contribution is -0.129. The van der Waals surface area contributed by atoms with Crippen LogP contribution in [0.5, 0.6) is 11.5 Å². The summed E-state index contributed by atoms with van der Waals surface area (Å²) in [6.45, 7) is 3.20. The molecule has 28 heavy (non-hydrogen) atoms. The second-order valence-corrected chi connectivity index (χ2v) is 6.82. The molecule has 1 atom stereocenters. The number of anilines is 1. The normalized spacial score (nSPS) is 16.1. The molecule has 1 saturated heterocycles. The van der Waals surface area contributed by atoms with Crippen molar-refractivity contribution in [3.8, 4) is 17.6 Å². The highest BCUT2D eigenvalue weighted by Crippen LogP contribution is 2.33. The molecular weight excluding hydrogens is 356 g/mol. The molecule has 8 heteroatoms. The van der Waals surface area contributed by atoms with E-state index in [-0.39, 0.29) is 18.4 Å². The molecule has 0 saturated carbocycles. The Morgan fingerprint density at radius 1 is 1.39 bits per heavy atom. The number of nitrogens with one attached hydrogen (secondary N) is 2. The Balaban J connectivity index is 1.54. The number of benzene rings is 1. The summed E-state index contributed by atoms with van der Waals surface area (Å²) in [6.07, 6.45) is 2.38. The quantitative estimate of drug-likeness (QED) is 0.709. The highest BCUT2D eigenvalue weighted by molar-refractivity contribution is 5.93. The fourth-order valence-electron chi connectivity index (χ4n) is 3.32. The minimum atomic E-state index is -0.135. The van der Waals surface area contributed by atoms with Crippen LogP contribution in [0.15, 0.2) is 36.5 Å². The second kappa shape index (κ2) is 7.56. The van der Waals surface area contributed by atoms with Gasteiger partial charge in [-0.3, -0.25) is 9.89 Å². The van der Waals surface area contributed by atoms with Crippen molar-refractivity contribution in [1.29, 1.82) is 5.26 Å². The Kier molecular flexibility index (Phi) is 4.81. The summed E-state index contributed by atoms with van der Waals surface area (Å²) >= 11 is 0. The number of hydrogen-bond acceptors (Lipinski definition) is 6. The molecule has 0 radical (unpaired) electrons. The van der Waals surface area contributed by atoms with E-state index in [2.05, 4.69) is 20.5 Å². The van der Waals surface area contributed by atoms with E-state index < -0.39 is 0 Å². The van der Waals surface area contributed by atoms with Gasteiger partial charge in [0.2, 0.25) is 5.91 Å². The zero-order valence-electron chi connectivity index (χ0n) is 15.5. The Hall–Kier alpha value is -3.60. The van der Waals surface area contributed by atoms with Crippen molar-refractivity contribution >= 4 is 22.8 Å². The van der Waals surface area contributed by atoms with Crippen LogP contribution in [-0.2, 0) is 4.79 Å². The number of pyridine rings is 1. The minimum absolute atomic E-state index is 0.0570. The fraction of sp³-hybridized carbons (Fsp3) is 0.300. The molecule has 2 aromatic heterocycles. The SMILES string of the molecule is Cc1ccc(Oc2ccnc3[nH]nc(N[C@@H]4CCN(C(=O)CC#N)C4)c23)cc1. The van der Waals surface area contributed by atoms with Gasteiger partial charge in [-0.05, 0) is 25.5 Å². The highest BCUT2D eigenvalue weighted by Gasteiger charge is 2.27. The van der Waals surface area contributed by atoms with Crippen LogP contribution in [0, 0.1) is 18.3 Å². The zero-order chi connectivity index (χ0) is 19.5. The van der Waals surface area contributed by atoms with Crippen LogP contribution >= 0.6 is 0 Å². The number of aromatic nitrogens is 3. The summed E-state index contributed by atoms with van der Waals surface area (Å²) in [5, 5.41) is 20.1. The number of ether oxygens (including phenoxy) is 1. The molecule has 1 amide bonds. The number of aryl methyl sites for hydroxylation is 1. The number of likely N-dealkylation sites (tertiary alicyclic amines) is 1. The van der Waals surface area contributed by atoms with Gasteiger partial charge in [0.25, 0.3) is 0 Å². The Morgan fingerprint density at radius 3 is 3.00 bits per heavy atom. The Bertz CT molecular complexity index is 1040. The van der Waals surface area contributed by atoms with Crippen LogP contribution < -0.4 is 10.1 Å². The van der Waals surface area contributed by atoms with Gasteiger partial charge in [0.05, 0.1) is 6.07 Å². The summed E-state index contributed by atoms with van der Waals surface area (Å²) in [5.74, 6) is 1.90. The molecule has 1 aliphatic rings. The van der Waals surface area contributed by atoms with Gasteiger partial charge in [-0.25, -0.2) is 4.98 Å². The van der Waals surface area contributed by atoms with E-state index in [0.717, 1.165) is 23.1 Å². The van der Waals surface area contributed by atoms with Crippen LogP contribution in [-0.4, -0.2) is 45.1 Å². The van der Waals surface area contributed by atoms with Gasteiger partial charge < -0.3 is 15.0 Å². The van der Waals surface area contributed by atoms with Crippen LogP contribution in [0.2, 0.25) is 0 Å². The lowest BCUT2D eigenvalue weighted by atomic mass is 10.2. The van der Waals surface area contributed by atoms with Crippen molar-refractivity contribution in [2.45, 2.75) is 25.8 Å². The largest absolute Gasteiger partial charge is 0.456 e. The number of aromatic amines is 1. The molecule has 2 N–H and O–H groups in total. The third kappa shape index (κ3) is 3.60. The molecule has 0 spiro atoms. The molecule has 4 rings (SSSR count). The summed E-state index contributed by atoms with van der Waals surface area (Å²) < 4.78 is 6.06. The first-order chi connectivity index (χ1) is 13.6. The van der Waals surface area contributed by atoms with Gasteiger partial charge >= 0.3 is 0 Å². The van der Waals surface area contributed by atoms with Crippen molar-refractivity contribution in [2.24, 2.45) is 0 Å². The van der Waals surface area contributed by atoms with Crippen LogP contribution in [0.25, 0.3) is 11.0 Å². The van der Waals surface area contributed by atoms with E-state index in [4.69, 9.17) is 10.00 Å². The number of fused-ring (bicyclic) bond motifs is 1. The smallest absolute Gasteiger partial charge is 0.236 e. The summed E-state index contributed by atoms with van der Waals surface area (Å²) in [6, 6.07) is 11.6. The summed E-state index contributed by atoms with van der Waals surface area (Å²) in [7, 11) is 0.